The van der Waals surface area contributed by atoms with Crippen LogP contribution in [0.4, 0.5) is 0 Å². The molecule has 8 heavy (non-hydrogen) atoms. The van der Waals surface area contributed by atoms with Crippen molar-refractivity contribution in [2.45, 2.75) is 13.8 Å². The van der Waals surface area contributed by atoms with E-state index in [2.05, 4.69) is 37.8 Å². The molecule has 0 bridgehead atoms. The molecule has 0 saturated heterocycles. The molecule has 0 aromatic carbocycles. The highest BCUT2D eigenvalue weighted by molar-refractivity contribution is 7.98. The first-order chi connectivity index (χ1) is 3.63. The van der Waals surface area contributed by atoms with Gasteiger partial charge in [0.2, 0.25) is 0 Å². The SMILES string of the molecule is CC(C)/C=C/[S+](C)C. The molecule has 0 radical (unpaired) electrons. The molecule has 0 aromatic heterocycles. The summed E-state index contributed by atoms with van der Waals surface area (Å²) in [6.07, 6.45) is 6.70. The Morgan fingerprint density at radius 1 is 1.25 bits per heavy atom. The molecular formula is C7H15S+. The minimum atomic E-state index is 0.483. The van der Waals surface area contributed by atoms with Crippen LogP contribution >= 0.6 is 0 Å². The maximum Gasteiger partial charge on any atom is 0.115 e. The average Bonchev–Trinajstić information content (AvgIpc) is 1.61. The van der Waals surface area contributed by atoms with E-state index in [1.54, 1.807) is 0 Å². The molecule has 0 saturated carbocycles. The van der Waals surface area contributed by atoms with E-state index in [0.29, 0.717) is 16.8 Å². The molecule has 0 heterocycles. The van der Waals surface area contributed by atoms with Gasteiger partial charge in [-0.1, -0.05) is 13.8 Å². The summed E-state index contributed by atoms with van der Waals surface area (Å²) >= 11 is 0. The Bertz CT molecular complexity index is 62.5. The Morgan fingerprint density at radius 2 is 1.75 bits per heavy atom. The van der Waals surface area contributed by atoms with Crippen LogP contribution in [0, 0.1) is 5.92 Å². The van der Waals surface area contributed by atoms with Crippen molar-refractivity contribution in [1.29, 1.82) is 0 Å². The highest BCUT2D eigenvalue weighted by Crippen LogP contribution is 1.95. The summed E-state index contributed by atoms with van der Waals surface area (Å²) < 4.78 is 0. The lowest BCUT2D eigenvalue weighted by Crippen LogP contribution is -1.87. The van der Waals surface area contributed by atoms with Crippen molar-refractivity contribution >= 4 is 10.9 Å². The van der Waals surface area contributed by atoms with E-state index in [1.165, 1.54) is 0 Å². The molecule has 0 nitrogen and oxygen atoms in total. The summed E-state index contributed by atoms with van der Waals surface area (Å²) in [5.41, 5.74) is 0. The van der Waals surface area contributed by atoms with Crippen molar-refractivity contribution in [3.8, 4) is 0 Å². The second kappa shape index (κ2) is 4.02. The fraction of sp³-hybridized carbons (Fsp3) is 0.714. The molecule has 0 rings (SSSR count). The Morgan fingerprint density at radius 3 is 1.88 bits per heavy atom. The minimum Gasteiger partial charge on any atom is -0.0591 e. The van der Waals surface area contributed by atoms with Crippen LogP contribution in [0.5, 0.6) is 0 Å². The van der Waals surface area contributed by atoms with Crippen LogP contribution in [-0.4, -0.2) is 12.5 Å². The van der Waals surface area contributed by atoms with Crippen LogP contribution in [-0.2, 0) is 10.9 Å². The summed E-state index contributed by atoms with van der Waals surface area (Å²) in [6, 6.07) is 0. The molecule has 0 aromatic rings. The number of hydrogen-bond donors (Lipinski definition) is 0. The molecule has 0 fully saturated rings. The minimum absolute atomic E-state index is 0.483. The van der Waals surface area contributed by atoms with Gasteiger partial charge >= 0.3 is 0 Å². The molecule has 0 aliphatic rings. The quantitative estimate of drug-likeness (QED) is 0.503. The van der Waals surface area contributed by atoms with Crippen LogP contribution in [0.3, 0.4) is 0 Å². The molecule has 0 N–H and O–H groups in total. The zero-order valence-electron chi connectivity index (χ0n) is 6.14. The lowest BCUT2D eigenvalue weighted by atomic mass is 10.2. The fourth-order valence-electron chi connectivity index (χ4n) is 0.314. The molecule has 48 valence electrons. The van der Waals surface area contributed by atoms with Gasteiger partial charge in [0.15, 0.2) is 0 Å². The maximum atomic E-state index is 2.27. The van der Waals surface area contributed by atoms with Crippen LogP contribution < -0.4 is 0 Å². The molecular weight excluding hydrogens is 116 g/mol. The van der Waals surface area contributed by atoms with Crippen LogP contribution in [0.15, 0.2) is 11.5 Å². The standard InChI is InChI=1S/C7H15S/c1-7(2)5-6-8(3)4/h5-7H,1-4H3/q+1/b6-5+. The van der Waals surface area contributed by atoms with Gasteiger partial charge in [-0.05, 0) is 12.0 Å². The largest absolute Gasteiger partial charge is 0.115 e. The van der Waals surface area contributed by atoms with Gasteiger partial charge in [-0.3, -0.25) is 0 Å². The fourth-order valence-corrected chi connectivity index (χ4v) is 0.943. The molecule has 0 aliphatic heterocycles. The molecule has 0 spiro atoms. The van der Waals surface area contributed by atoms with Gasteiger partial charge in [-0.2, -0.15) is 0 Å². The topological polar surface area (TPSA) is 0 Å². The molecule has 0 unspecified atom stereocenters. The van der Waals surface area contributed by atoms with Gasteiger partial charge < -0.3 is 0 Å². The lowest BCUT2D eigenvalue weighted by molar-refractivity contribution is 0.833. The first-order valence-electron chi connectivity index (χ1n) is 2.87. The first kappa shape index (κ1) is 8.09. The predicted octanol–water partition coefficient (Wildman–Crippen LogP) is 2.03. The Hall–Kier alpha value is 0.0900. The summed E-state index contributed by atoms with van der Waals surface area (Å²) in [5, 5.41) is 2.27. The van der Waals surface area contributed by atoms with Gasteiger partial charge in [-0.15, -0.1) is 0 Å². The van der Waals surface area contributed by atoms with Crippen molar-refractivity contribution in [3.63, 3.8) is 0 Å². The zero-order chi connectivity index (χ0) is 6.57. The normalized spacial score (nSPS) is 12.2. The third kappa shape index (κ3) is 6.09. The van der Waals surface area contributed by atoms with Gasteiger partial charge in [0.1, 0.15) is 17.9 Å². The van der Waals surface area contributed by atoms with E-state index in [-0.39, 0.29) is 0 Å². The predicted molar refractivity (Wildman–Crippen MR) is 43.2 cm³/mol. The monoisotopic (exact) mass is 131 g/mol. The second-order valence-electron chi connectivity index (χ2n) is 2.45. The third-order valence-corrected chi connectivity index (χ3v) is 1.44. The van der Waals surface area contributed by atoms with Gasteiger partial charge in [0.25, 0.3) is 0 Å². The number of hydrogen-bond acceptors (Lipinski definition) is 0. The second-order valence-corrected chi connectivity index (χ2v) is 4.48. The average molecular weight is 131 g/mol. The van der Waals surface area contributed by atoms with Crippen LogP contribution in [0.1, 0.15) is 13.8 Å². The van der Waals surface area contributed by atoms with Gasteiger partial charge in [0, 0.05) is 10.9 Å². The smallest absolute Gasteiger partial charge is 0.0591 e. The van der Waals surface area contributed by atoms with E-state index in [1.807, 2.05) is 0 Å². The van der Waals surface area contributed by atoms with E-state index in [9.17, 15) is 0 Å². The van der Waals surface area contributed by atoms with Gasteiger partial charge in [0.05, 0.1) is 0 Å². The van der Waals surface area contributed by atoms with Crippen molar-refractivity contribution in [1.82, 2.24) is 0 Å². The summed E-state index contributed by atoms with van der Waals surface area (Å²) in [6.45, 7) is 4.40. The van der Waals surface area contributed by atoms with E-state index >= 15 is 0 Å². The molecule has 0 aliphatic carbocycles. The highest BCUT2D eigenvalue weighted by atomic mass is 32.2. The first-order valence-corrected chi connectivity index (χ1v) is 4.98. The van der Waals surface area contributed by atoms with E-state index < -0.39 is 0 Å². The summed E-state index contributed by atoms with van der Waals surface area (Å²) in [7, 11) is 0.483. The van der Waals surface area contributed by atoms with E-state index in [4.69, 9.17) is 0 Å². The lowest BCUT2D eigenvalue weighted by Gasteiger charge is -1.89. The Kier molecular flexibility index (Phi) is 4.06. The van der Waals surface area contributed by atoms with E-state index in [0.717, 1.165) is 0 Å². The number of rotatable bonds is 2. The summed E-state index contributed by atoms with van der Waals surface area (Å²) in [4.78, 5) is 0. The highest BCUT2D eigenvalue weighted by Gasteiger charge is 1.92. The van der Waals surface area contributed by atoms with Crippen molar-refractivity contribution in [2.75, 3.05) is 12.5 Å². The van der Waals surface area contributed by atoms with Crippen molar-refractivity contribution in [3.05, 3.63) is 11.5 Å². The van der Waals surface area contributed by atoms with Crippen LogP contribution in [0.2, 0.25) is 0 Å². The Balaban J connectivity index is 3.34. The Labute approximate surface area is 55.3 Å². The number of allylic oxidation sites excluding steroid dienone is 1. The van der Waals surface area contributed by atoms with Crippen molar-refractivity contribution < 1.29 is 0 Å². The molecule has 1 heteroatoms. The van der Waals surface area contributed by atoms with Gasteiger partial charge in [-0.25, -0.2) is 0 Å². The maximum absolute atomic E-state index is 2.27. The third-order valence-electron chi connectivity index (χ3n) is 0.736. The molecule has 0 amide bonds. The van der Waals surface area contributed by atoms with Crippen molar-refractivity contribution in [2.24, 2.45) is 5.92 Å². The zero-order valence-corrected chi connectivity index (χ0v) is 6.96. The van der Waals surface area contributed by atoms with Crippen LogP contribution in [0.25, 0.3) is 0 Å². The summed E-state index contributed by atoms with van der Waals surface area (Å²) in [5.74, 6) is 0.713. The molecule has 0 atom stereocenters.